The van der Waals surface area contributed by atoms with Gasteiger partial charge in [-0.15, -0.1) is 0 Å². The lowest BCUT2D eigenvalue weighted by atomic mass is 9.91. The van der Waals surface area contributed by atoms with E-state index >= 15 is 0 Å². The molecule has 4 heterocycles. The molecule has 0 unspecified atom stereocenters. The number of nitrogens with zero attached hydrogens (tertiary/aromatic N) is 5. The van der Waals surface area contributed by atoms with Crippen LogP contribution in [0.15, 0.2) is 36.7 Å². The number of fused-ring (bicyclic) bond motifs is 2. The second-order valence-corrected chi connectivity index (χ2v) is 8.76. The highest BCUT2D eigenvalue weighted by atomic mass is 19.4. The smallest absolute Gasteiger partial charge is 0.368 e. The van der Waals surface area contributed by atoms with Gasteiger partial charge in [0.15, 0.2) is 11.3 Å². The van der Waals surface area contributed by atoms with Gasteiger partial charge in [0.2, 0.25) is 0 Å². The van der Waals surface area contributed by atoms with Crippen molar-refractivity contribution in [1.29, 1.82) is 0 Å². The van der Waals surface area contributed by atoms with Crippen molar-refractivity contribution < 1.29 is 18.0 Å². The summed E-state index contributed by atoms with van der Waals surface area (Å²) < 4.78 is 42.2. The summed E-state index contributed by atoms with van der Waals surface area (Å²) in [7, 11) is 0. The van der Waals surface area contributed by atoms with E-state index in [2.05, 4.69) is 25.7 Å². The van der Waals surface area contributed by atoms with Crippen LogP contribution in [0.5, 0.6) is 0 Å². The molecule has 1 aliphatic rings. The van der Waals surface area contributed by atoms with Gasteiger partial charge in [0.25, 0.3) is 5.91 Å². The molecule has 4 aromatic heterocycles. The Morgan fingerprint density at radius 1 is 1.09 bits per heavy atom. The molecule has 1 fully saturated rings. The first-order chi connectivity index (χ1) is 16.2. The van der Waals surface area contributed by atoms with E-state index in [0.717, 1.165) is 43.3 Å². The number of aryl methyl sites for hydroxylation is 2. The summed E-state index contributed by atoms with van der Waals surface area (Å²) in [6, 6.07) is 6.97. The number of rotatable bonds is 4. The van der Waals surface area contributed by atoms with Gasteiger partial charge in [-0.25, -0.2) is 14.5 Å². The minimum Gasteiger partial charge on any atom is -0.368 e. The maximum Gasteiger partial charge on any atom is 0.434 e. The van der Waals surface area contributed by atoms with Crippen molar-refractivity contribution in [3.8, 4) is 0 Å². The van der Waals surface area contributed by atoms with Crippen molar-refractivity contribution in [2.45, 2.75) is 57.8 Å². The van der Waals surface area contributed by atoms with E-state index in [4.69, 9.17) is 0 Å². The van der Waals surface area contributed by atoms with Crippen LogP contribution in [-0.2, 0) is 6.18 Å². The molecule has 4 aromatic rings. The molecule has 0 atom stereocenters. The summed E-state index contributed by atoms with van der Waals surface area (Å²) >= 11 is 0. The Balaban J connectivity index is 1.23. The molecule has 178 valence electrons. The van der Waals surface area contributed by atoms with Gasteiger partial charge < -0.3 is 10.6 Å². The lowest BCUT2D eigenvalue weighted by Gasteiger charge is -2.30. The van der Waals surface area contributed by atoms with Gasteiger partial charge in [0.05, 0.1) is 6.20 Å². The third-order valence-electron chi connectivity index (χ3n) is 6.22. The summed E-state index contributed by atoms with van der Waals surface area (Å²) in [5, 5.41) is 10.7. The van der Waals surface area contributed by atoms with Crippen LogP contribution in [0.1, 0.15) is 53.1 Å². The molecule has 0 aromatic carbocycles. The van der Waals surface area contributed by atoms with Crippen molar-refractivity contribution in [1.82, 2.24) is 29.3 Å². The first-order valence-electron chi connectivity index (χ1n) is 11.1. The Hall–Kier alpha value is -3.63. The molecule has 1 aliphatic carbocycles. The van der Waals surface area contributed by atoms with E-state index in [0.29, 0.717) is 17.0 Å². The number of amides is 1. The molecule has 0 spiro atoms. The van der Waals surface area contributed by atoms with Crippen LogP contribution >= 0.6 is 0 Å². The van der Waals surface area contributed by atoms with E-state index in [-0.39, 0.29) is 23.6 Å². The van der Waals surface area contributed by atoms with Gasteiger partial charge in [0.1, 0.15) is 17.0 Å². The van der Waals surface area contributed by atoms with Crippen LogP contribution in [-0.4, -0.2) is 42.0 Å². The third-order valence-corrected chi connectivity index (χ3v) is 6.22. The molecular formula is C23H24F3N7O. The third kappa shape index (κ3) is 4.17. The quantitative estimate of drug-likeness (QED) is 0.467. The number of anilines is 1. The molecule has 5 rings (SSSR count). The number of alkyl halides is 3. The average molecular weight is 471 g/mol. The molecule has 1 saturated carbocycles. The highest BCUT2D eigenvalue weighted by Crippen LogP contribution is 2.30. The first kappa shape index (κ1) is 22.2. The SMILES string of the molecule is Cc1cc(C)n2ncc(C(=O)NC3CCC(Nc4cccc5nc(C(F)(F)F)cn45)CC3)c2n1. The number of hydrogen-bond acceptors (Lipinski definition) is 5. The monoisotopic (exact) mass is 471 g/mol. The summed E-state index contributed by atoms with van der Waals surface area (Å²) in [6.07, 6.45) is 1.10. The van der Waals surface area contributed by atoms with E-state index in [1.807, 2.05) is 19.9 Å². The predicted octanol–water partition coefficient (Wildman–Crippen LogP) is 4.17. The minimum atomic E-state index is -4.49. The minimum absolute atomic E-state index is 0.00674. The van der Waals surface area contributed by atoms with Gasteiger partial charge >= 0.3 is 6.18 Å². The van der Waals surface area contributed by atoms with Crippen LogP contribution in [0, 0.1) is 13.8 Å². The second kappa shape index (κ2) is 8.30. The summed E-state index contributed by atoms with van der Waals surface area (Å²) in [4.78, 5) is 21.0. The molecule has 8 nitrogen and oxygen atoms in total. The number of carbonyl (C=O) groups is 1. The van der Waals surface area contributed by atoms with Gasteiger partial charge in [-0.3, -0.25) is 9.20 Å². The Kier molecular flexibility index (Phi) is 5.41. The maximum atomic E-state index is 13.1. The van der Waals surface area contributed by atoms with Gasteiger partial charge in [-0.1, -0.05) is 6.07 Å². The second-order valence-electron chi connectivity index (χ2n) is 8.76. The Morgan fingerprint density at radius 2 is 1.82 bits per heavy atom. The van der Waals surface area contributed by atoms with E-state index in [1.165, 1.54) is 10.6 Å². The van der Waals surface area contributed by atoms with Crippen molar-refractivity contribution in [2.75, 3.05) is 5.32 Å². The fraction of sp³-hybridized carbons (Fsp3) is 0.391. The number of nitrogens with one attached hydrogen (secondary N) is 2. The average Bonchev–Trinajstić information content (AvgIpc) is 3.40. The lowest BCUT2D eigenvalue weighted by Crippen LogP contribution is -2.40. The largest absolute Gasteiger partial charge is 0.434 e. The number of pyridine rings is 1. The topological polar surface area (TPSA) is 88.6 Å². The van der Waals surface area contributed by atoms with Crippen LogP contribution in [0.25, 0.3) is 11.3 Å². The zero-order valence-electron chi connectivity index (χ0n) is 18.7. The highest BCUT2D eigenvalue weighted by Gasteiger charge is 2.34. The zero-order valence-corrected chi connectivity index (χ0v) is 18.7. The number of carbonyl (C=O) groups excluding carboxylic acids is 1. The van der Waals surface area contributed by atoms with Crippen molar-refractivity contribution >= 4 is 23.0 Å². The standard InChI is InChI=1S/C23H24F3N7O/c1-13-10-14(2)33-21(28-13)17(11-27-33)22(34)30-16-8-6-15(7-9-16)29-19-4-3-5-20-31-18(12-32(19)20)23(24,25)26/h3-5,10-12,15-16,29H,6-9H2,1-2H3,(H,30,34). The predicted molar refractivity (Wildman–Crippen MR) is 120 cm³/mol. The number of hydrogen-bond donors (Lipinski definition) is 2. The maximum absolute atomic E-state index is 13.1. The summed E-state index contributed by atoms with van der Waals surface area (Å²) in [6.45, 7) is 3.79. The Morgan fingerprint density at radius 3 is 2.56 bits per heavy atom. The number of halogens is 3. The molecule has 34 heavy (non-hydrogen) atoms. The molecule has 0 radical (unpaired) electrons. The van der Waals surface area contributed by atoms with Crippen molar-refractivity contribution in [3.63, 3.8) is 0 Å². The molecule has 11 heteroatoms. The van der Waals surface area contributed by atoms with E-state index in [1.54, 1.807) is 22.7 Å². The van der Waals surface area contributed by atoms with Crippen LogP contribution in [0.2, 0.25) is 0 Å². The number of aromatic nitrogens is 5. The lowest BCUT2D eigenvalue weighted by molar-refractivity contribution is -0.140. The molecule has 0 aliphatic heterocycles. The fourth-order valence-electron chi connectivity index (χ4n) is 4.55. The van der Waals surface area contributed by atoms with Crippen molar-refractivity contribution in [3.05, 3.63) is 59.3 Å². The number of imidazole rings is 1. The van der Waals surface area contributed by atoms with Crippen LogP contribution < -0.4 is 10.6 Å². The van der Waals surface area contributed by atoms with Gasteiger partial charge in [-0.05, 0) is 57.7 Å². The normalized spacial score (nSPS) is 19.0. The van der Waals surface area contributed by atoms with Gasteiger partial charge in [0, 0.05) is 29.7 Å². The molecule has 0 bridgehead atoms. The Bertz CT molecular complexity index is 1370. The Labute approximate surface area is 193 Å². The van der Waals surface area contributed by atoms with Crippen LogP contribution in [0.3, 0.4) is 0 Å². The highest BCUT2D eigenvalue weighted by molar-refractivity contribution is 5.99. The zero-order chi connectivity index (χ0) is 24.0. The summed E-state index contributed by atoms with van der Waals surface area (Å²) in [5.74, 6) is 0.364. The van der Waals surface area contributed by atoms with Crippen molar-refractivity contribution in [2.24, 2.45) is 0 Å². The molecule has 1 amide bonds. The summed E-state index contributed by atoms with van der Waals surface area (Å²) in [5.41, 5.74) is 2.03. The van der Waals surface area contributed by atoms with E-state index in [9.17, 15) is 18.0 Å². The fourth-order valence-corrected chi connectivity index (χ4v) is 4.55. The molecule has 0 saturated heterocycles. The van der Waals surface area contributed by atoms with Gasteiger partial charge in [-0.2, -0.15) is 18.3 Å². The van der Waals surface area contributed by atoms with Crippen LogP contribution in [0.4, 0.5) is 19.0 Å². The van der Waals surface area contributed by atoms with E-state index < -0.39 is 11.9 Å². The first-order valence-corrected chi connectivity index (χ1v) is 11.1. The molecule has 2 N–H and O–H groups in total. The molecular weight excluding hydrogens is 447 g/mol.